The lowest BCUT2D eigenvalue weighted by molar-refractivity contribution is -0.135. The molecular formula is C23H28N2O2. The van der Waals surface area contributed by atoms with Crippen molar-refractivity contribution >= 4 is 11.8 Å². The average Bonchev–Trinajstić information content (AvgIpc) is 2.68. The topological polar surface area (TPSA) is 40.6 Å². The van der Waals surface area contributed by atoms with Gasteiger partial charge in [0.2, 0.25) is 5.91 Å². The Balaban J connectivity index is 1.67. The van der Waals surface area contributed by atoms with Gasteiger partial charge in [-0.05, 0) is 30.0 Å². The van der Waals surface area contributed by atoms with Gasteiger partial charge in [-0.25, -0.2) is 0 Å². The first-order valence-corrected chi connectivity index (χ1v) is 9.67. The Morgan fingerprint density at radius 1 is 0.815 bits per heavy atom. The second-order valence-electron chi connectivity index (χ2n) is 7.56. The number of nitrogens with zero attached hydrogens (tertiary/aromatic N) is 2. The predicted octanol–water partition coefficient (Wildman–Crippen LogP) is 3.72. The van der Waals surface area contributed by atoms with Crippen LogP contribution in [-0.2, 0) is 4.79 Å². The van der Waals surface area contributed by atoms with E-state index in [1.54, 1.807) is 0 Å². The second-order valence-corrected chi connectivity index (χ2v) is 7.56. The number of aryl methyl sites for hydroxylation is 1. The maximum Gasteiger partial charge on any atom is 0.254 e. The summed E-state index contributed by atoms with van der Waals surface area (Å²) in [6.45, 7) is 8.48. The van der Waals surface area contributed by atoms with Gasteiger partial charge in [0.05, 0.1) is 5.92 Å². The number of rotatable bonds is 4. The van der Waals surface area contributed by atoms with Gasteiger partial charge in [-0.2, -0.15) is 0 Å². The van der Waals surface area contributed by atoms with Crippen LogP contribution in [0.25, 0.3) is 0 Å². The highest BCUT2D eigenvalue weighted by atomic mass is 16.2. The zero-order chi connectivity index (χ0) is 19.4. The Hall–Kier alpha value is -2.62. The molecule has 0 aromatic heterocycles. The van der Waals surface area contributed by atoms with E-state index in [0.717, 1.165) is 16.7 Å². The van der Waals surface area contributed by atoms with Crippen LogP contribution < -0.4 is 0 Å². The zero-order valence-corrected chi connectivity index (χ0v) is 16.4. The summed E-state index contributed by atoms with van der Waals surface area (Å²) >= 11 is 0. The number of hydrogen-bond donors (Lipinski definition) is 0. The summed E-state index contributed by atoms with van der Waals surface area (Å²) in [5.41, 5.74) is 2.81. The maximum atomic E-state index is 13.2. The fourth-order valence-corrected chi connectivity index (χ4v) is 3.78. The third-order valence-electron chi connectivity index (χ3n) is 5.35. The molecule has 1 saturated heterocycles. The molecule has 1 fully saturated rings. The normalized spacial score (nSPS) is 15.7. The van der Waals surface area contributed by atoms with Gasteiger partial charge in [-0.15, -0.1) is 0 Å². The molecule has 0 spiro atoms. The summed E-state index contributed by atoms with van der Waals surface area (Å²) in [4.78, 5) is 29.7. The van der Waals surface area contributed by atoms with Crippen molar-refractivity contribution in [3.05, 3.63) is 71.3 Å². The highest BCUT2D eigenvalue weighted by Crippen LogP contribution is 2.27. The van der Waals surface area contributed by atoms with E-state index in [0.29, 0.717) is 26.2 Å². The van der Waals surface area contributed by atoms with Gasteiger partial charge in [0.25, 0.3) is 5.91 Å². The Labute approximate surface area is 161 Å². The van der Waals surface area contributed by atoms with E-state index < -0.39 is 0 Å². The monoisotopic (exact) mass is 364 g/mol. The number of piperazine rings is 1. The molecule has 2 aromatic carbocycles. The fraction of sp³-hybridized carbons (Fsp3) is 0.391. The lowest BCUT2D eigenvalue weighted by atomic mass is 9.87. The van der Waals surface area contributed by atoms with Gasteiger partial charge in [0, 0.05) is 31.7 Å². The number of amides is 2. The van der Waals surface area contributed by atoms with Gasteiger partial charge in [0.15, 0.2) is 0 Å². The molecule has 1 aliphatic rings. The standard InChI is InChI=1S/C23H28N2O2/c1-17(2)21(19-10-5-4-6-11-19)23(27)25-15-13-24(14-16-25)22(26)20-12-8-7-9-18(20)3/h4-12,17,21H,13-16H2,1-3H3. The molecule has 0 saturated carbocycles. The Bertz CT molecular complexity index is 793. The molecule has 1 heterocycles. The molecule has 0 bridgehead atoms. The van der Waals surface area contributed by atoms with Crippen molar-refractivity contribution in [2.45, 2.75) is 26.7 Å². The van der Waals surface area contributed by atoms with Crippen LogP contribution in [0.1, 0.15) is 41.3 Å². The van der Waals surface area contributed by atoms with E-state index >= 15 is 0 Å². The molecule has 3 rings (SSSR count). The van der Waals surface area contributed by atoms with E-state index in [9.17, 15) is 9.59 Å². The Kier molecular flexibility index (Phi) is 5.94. The van der Waals surface area contributed by atoms with Crippen molar-refractivity contribution in [1.29, 1.82) is 0 Å². The summed E-state index contributed by atoms with van der Waals surface area (Å²) in [7, 11) is 0. The molecule has 2 aromatic rings. The molecule has 4 heteroatoms. The van der Waals surface area contributed by atoms with Gasteiger partial charge >= 0.3 is 0 Å². The van der Waals surface area contributed by atoms with Crippen molar-refractivity contribution in [1.82, 2.24) is 9.80 Å². The van der Waals surface area contributed by atoms with Gasteiger partial charge in [0.1, 0.15) is 0 Å². The molecule has 0 N–H and O–H groups in total. The predicted molar refractivity (Wildman–Crippen MR) is 108 cm³/mol. The SMILES string of the molecule is Cc1ccccc1C(=O)N1CCN(C(=O)C(c2ccccc2)C(C)C)CC1. The largest absolute Gasteiger partial charge is 0.339 e. The van der Waals surface area contributed by atoms with E-state index in [1.807, 2.05) is 71.3 Å². The zero-order valence-electron chi connectivity index (χ0n) is 16.4. The molecule has 0 aliphatic carbocycles. The fourth-order valence-electron chi connectivity index (χ4n) is 3.78. The lowest BCUT2D eigenvalue weighted by Crippen LogP contribution is -2.52. The van der Waals surface area contributed by atoms with Crippen molar-refractivity contribution in [3.8, 4) is 0 Å². The number of carbonyl (C=O) groups is 2. The first-order valence-electron chi connectivity index (χ1n) is 9.67. The van der Waals surface area contributed by atoms with Crippen molar-refractivity contribution < 1.29 is 9.59 Å². The van der Waals surface area contributed by atoms with Crippen LogP contribution in [0.5, 0.6) is 0 Å². The van der Waals surface area contributed by atoms with Crippen LogP contribution in [-0.4, -0.2) is 47.8 Å². The summed E-state index contributed by atoms with van der Waals surface area (Å²) in [5, 5.41) is 0. The number of hydrogen-bond acceptors (Lipinski definition) is 2. The molecule has 0 radical (unpaired) electrons. The van der Waals surface area contributed by atoms with E-state index in [1.165, 1.54) is 0 Å². The quantitative estimate of drug-likeness (QED) is 0.830. The van der Waals surface area contributed by atoms with E-state index in [-0.39, 0.29) is 23.7 Å². The summed E-state index contributed by atoms with van der Waals surface area (Å²) in [6, 6.07) is 17.7. The van der Waals surface area contributed by atoms with Crippen LogP contribution in [0.2, 0.25) is 0 Å². The average molecular weight is 364 g/mol. The highest BCUT2D eigenvalue weighted by Gasteiger charge is 2.31. The number of carbonyl (C=O) groups excluding carboxylic acids is 2. The summed E-state index contributed by atoms with van der Waals surface area (Å²) in [6.07, 6.45) is 0. The Morgan fingerprint density at radius 3 is 1.96 bits per heavy atom. The third kappa shape index (κ3) is 4.21. The molecular weight excluding hydrogens is 336 g/mol. The first-order chi connectivity index (χ1) is 13.0. The lowest BCUT2D eigenvalue weighted by Gasteiger charge is -2.37. The second kappa shape index (κ2) is 8.38. The smallest absolute Gasteiger partial charge is 0.254 e. The minimum atomic E-state index is -0.134. The van der Waals surface area contributed by atoms with Crippen LogP contribution in [0, 0.1) is 12.8 Å². The van der Waals surface area contributed by atoms with Crippen LogP contribution in [0.15, 0.2) is 54.6 Å². The first kappa shape index (κ1) is 19.2. The van der Waals surface area contributed by atoms with E-state index in [4.69, 9.17) is 0 Å². The highest BCUT2D eigenvalue weighted by molar-refractivity contribution is 5.95. The van der Waals surface area contributed by atoms with Gasteiger partial charge in [-0.1, -0.05) is 62.4 Å². The summed E-state index contributed by atoms with van der Waals surface area (Å²) in [5.74, 6) is 0.319. The molecule has 4 nitrogen and oxygen atoms in total. The van der Waals surface area contributed by atoms with Crippen molar-refractivity contribution in [2.24, 2.45) is 5.92 Å². The molecule has 1 aliphatic heterocycles. The molecule has 27 heavy (non-hydrogen) atoms. The van der Waals surface area contributed by atoms with Gasteiger partial charge < -0.3 is 9.80 Å². The van der Waals surface area contributed by atoms with E-state index in [2.05, 4.69) is 13.8 Å². The summed E-state index contributed by atoms with van der Waals surface area (Å²) < 4.78 is 0. The Morgan fingerprint density at radius 2 is 1.37 bits per heavy atom. The van der Waals surface area contributed by atoms with Crippen LogP contribution >= 0.6 is 0 Å². The van der Waals surface area contributed by atoms with Crippen LogP contribution in [0.3, 0.4) is 0 Å². The third-order valence-corrected chi connectivity index (χ3v) is 5.35. The minimum absolute atomic E-state index is 0.0590. The molecule has 1 unspecified atom stereocenters. The van der Waals surface area contributed by atoms with Gasteiger partial charge in [-0.3, -0.25) is 9.59 Å². The minimum Gasteiger partial charge on any atom is -0.339 e. The van der Waals surface area contributed by atoms with Crippen LogP contribution in [0.4, 0.5) is 0 Å². The van der Waals surface area contributed by atoms with Crippen molar-refractivity contribution in [2.75, 3.05) is 26.2 Å². The molecule has 1 atom stereocenters. The molecule has 142 valence electrons. The van der Waals surface area contributed by atoms with Crippen molar-refractivity contribution in [3.63, 3.8) is 0 Å². The number of benzene rings is 2. The maximum absolute atomic E-state index is 13.2. The molecule has 2 amide bonds.